The van der Waals surface area contributed by atoms with Gasteiger partial charge in [-0.25, -0.2) is 9.67 Å². The maximum absolute atomic E-state index is 13.1. The minimum atomic E-state index is -0.901. The summed E-state index contributed by atoms with van der Waals surface area (Å²) in [6.45, 7) is 0.517. The standard InChI is InChI=1S/C24H20BrN5O2/c25-20-13-11-17(12-14-20)15-30-16-26-24(29-30)28-23(32)21(18-7-3-1-4-8-18)27-22(31)19-9-5-2-6-10-19/h1-14,16,21H,15H2,(H,27,31)(H,28,29,32). The number of benzene rings is 3. The lowest BCUT2D eigenvalue weighted by molar-refractivity contribution is -0.118. The van der Waals surface area contributed by atoms with E-state index in [2.05, 4.69) is 36.6 Å². The second kappa shape index (κ2) is 10.0. The van der Waals surface area contributed by atoms with E-state index < -0.39 is 11.9 Å². The monoisotopic (exact) mass is 489 g/mol. The van der Waals surface area contributed by atoms with Gasteiger partial charge in [0.1, 0.15) is 12.4 Å². The summed E-state index contributed by atoms with van der Waals surface area (Å²) in [6, 6.07) is 24.8. The van der Waals surface area contributed by atoms with Crippen LogP contribution in [-0.4, -0.2) is 26.6 Å². The van der Waals surface area contributed by atoms with Gasteiger partial charge in [0.25, 0.3) is 11.8 Å². The lowest BCUT2D eigenvalue weighted by Gasteiger charge is -2.18. The second-order valence-corrected chi connectivity index (χ2v) is 7.98. The van der Waals surface area contributed by atoms with E-state index in [1.807, 2.05) is 48.5 Å². The fraction of sp³-hybridized carbons (Fsp3) is 0.0833. The SMILES string of the molecule is O=C(NC(C(=O)Nc1ncn(Cc2ccc(Br)cc2)n1)c1ccccc1)c1ccccc1. The number of rotatable bonds is 7. The molecule has 2 amide bonds. The van der Waals surface area contributed by atoms with E-state index in [1.54, 1.807) is 47.4 Å². The summed E-state index contributed by atoms with van der Waals surface area (Å²) in [5, 5.41) is 9.84. The molecular weight excluding hydrogens is 470 g/mol. The van der Waals surface area contributed by atoms with Crippen LogP contribution in [0.25, 0.3) is 0 Å². The van der Waals surface area contributed by atoms with Crippen LogP contribution in [0.4, 0.5) is 5.95 Å². The predicted molar refractivity (Wildman–Crippen MR) is 125 cm³/mol. The quantitative estimate of drug-likeness (QED) is 0.407. The molecule has 4 rings (SSSR count). The van der Waals surface area contributed by atoms with Crippen molar-refractivity contribution in [3.63, 3.8) is 0 Å². The summed E-state index contributed by atoms with van der Waals surface area (Å²) in [6.07, 6.45) is 1.55. The summed E-state index contributed by atoms with van der Waals surface area (Å²) in [7, 11) is 0. The molecule has 0 saturated heterocycles. The number of halogens is 1. The number of nitrogens with one attached hydrogen (secondary N) is 2. The highest BCUT2D eigenvalue weighted by Gasteiger charge is 2.24. The van der Waals surface area contributed by atoms with Crippen LogP contribution in [0.2, 0.25) is 0 Å². The van der Waals surface area contributed by atoms with E-state index >= 15 is 0 Å². The highest BCUT2D eigenvalue weighted by atomic mass is 79.9. The molecule has 0 bridgehead atoms. The smallest absolute Gasteiger partial charge is 0.254 e. The van der Waals surface area contributed by atoms with Crippen molar-refractivity contribution in [2.75, 3.05) is 5.32 Å². The molecule has 3 aromatic carbocycles. The highest BCUT2D eigenvalue weighted by molar-refractivity contribution is 9.10. The molecule has 1 aromatic heterocycles. The maximum Gasteiger partial charge on any atom is 0.254 e. The van der Waals surface area contributed by atoms with E-state index in [9.17, 15) is 9.59 Å². The predicted octanol–water partition coefficient (Wildman–Crippen LogP) is 4.20. The number of hydrogen-bond donors (Lipinski definition) is 2. The number of amides is 2. The zero-order valence-electron chi connectivity index (χ0n) is 17.0. The molecule has 2 N–H and O–H groups in total. The Morgan fingerprint density at radius 3 is 2.25 bits per heavy atom. The third-order valence-corrected chi connectivity index (χ3v) is 5.26. The van der Waals surface area contributed by atoms with Crippen LogP contribution in [0.5, 0.6) is 0 Å². The molecule has 0 saturated carbocycles. The van der Waals surface area contributed by atoms with Crippen molar-refractivity contribution in [1.82, 2.24) is 20.1 Å². The third kappa shape index (κ3) is 5.47. The number of nitrogens with zero attached hydrogens (tertiary/aromatic N) is 3. The minimum absolute atomic E-state index is 0.169. The van der Waals surface area contributed by atoms with Gasteiger partial charge in [-0.2, -0.15) is 0 Å². The Balaban J connectivity index is 1.48. The fourth-order valence-corrected chi connectivity index (χ4v) is 3.40. The summed E-state index contributed by atoms with van der Waals surface area (Å²) in [5.74, 6) is -0.604. The van der Waals surface area contributed by atoms with Crippen molar-refractivity contribution in [2.24, 2.45) is 0 Å². The van der Waals surface area contributed by atoms with Gasteiger partial charge < -0.3 is 5.32 Å². The van der Waals surface area contributed by atoms with E-state index in [4.69, 9.17) is 0 Å². The van der Waals surface area contributed by atoms with Crippen LogP contribution in [-0.2, 0) is 11.3 Å². The summed E-state index contributed by atoms with van der Waals surface area (Å²) in [4.78, 5) is 29.9. The molecule has 0 aliphatic carbocycles. The van der Waals surface area contributed by atoms with Gasteiger partial charge >= 0.3 is 0 Å². The Hall–Kier alpha value is -3.78. The Morgan fingerprint density at radius 2 is 1.56 bits per heavy atom. The topological polar surface area (TPSA) is 88.9 Å². The number of anilines is 1. The lowest BCUT2D eigenvalue weighted by atomic mass is 10.1. The van der Waals surface area contributed by atoms with Crippen molar-refractivity contribution in [3.8, 4) is 0 Å². The molecule has 0 fully saturated rings. The molecule has 160 valence electrons. The zero-order chi connectivity index (χ0) is 22.3. The van der Waals surface area contributed by atoms with E-state index in [0.29, 0.717) is 17.7 Å². The van der Waals surface area contributed by atoms with Gasteiger partial charge in [-0.15, -0.1) is 5.10 Å². The Morgan fingerprint density at radius 1 is 0.906 bits per heavy atom. The molecular formula is C24H20BrN5O2. The van der Waals surface area contributed by atoms with Gasteiger partial charge in [-0.1, -0.05) is 76.6 Å². The van der Waals surface area contributed by atoms with Crippen molar-refractivity contribution in [1.29, 1.82) is 0 Å². The molecule has 1 heterocycles. The first kappa shape index (κ1) is 21.5. The second-order valence-electron chi connectivity index (χ2n) is 7.06. The fourth-order valence-electron chi connectivity index (χ4n) is 3.14. The van der Waals surface area contributed by atoms with Crippen molar-refractivity contribution in [2.45, 2.75) is 12.6 Å². The Bertz CT molecular complexity index is 1190. The summed E-state index contributed by atoms with van der Waals surface area (Å²) in [5.41, 5.74) is 2.18. The molecule has 7 nitrogen and oxygen atoms in total. The first-order valence-corrected chi connectivity index (χ1v) is 10.7. The first-order valence-electron chi connectivity index (χ1n) is 9.94. The minimum Gasteiger partial charge on any atom is -0.336 e. The maximum atomic E-state index is 13.1. The molecule has 1 unspecified atom stereocenters. The molecule has 0 aliphatic rings. The summed E-state index contributed by atoms with van der Waals surface area (Å²) >= 11 is 3.41. The molecule has 0 aliphatic heterocycles. The summed E-state index contributed by atoms with van der Waals surface area (Å²) < 4.78 is 2.64. The average Bonchev–Trinajstić information content (AvgIpc) is 3.26. The highest BCUT2D eigenvalue weighted by Crippen LogP contribution is 2.16. The number of carbonyl (C=O) groups excluding carboxylic acids is 2. The Labute approximate surface area is 193 Å². The molecule has 1 atom stereocenters. The lowest BCUT2D eigenvalue weighted by Crippen LogP contribution is -2.37. The van der Waals surface area contributed by atoms with Crippen LogP contribution in [0.1, 0.15) is 27.5 Å². The third-order valence-electron chi connectivity index (χ3n) is 4.74. The number of carbonyl (C=O) groups is 2. The van der Waals surface area contributed by atoms with E-state index in [1.165, 1.54) is 0 Å². The molecule has 0 radical (unpaired) electrons. The number of aromatic nitrogens is 3. The van der Waals surface area contributed by atoms with Crippen LogP contribution in [0, 0.1) is 0 Å². The van der Waals surface area contributed by atoms with Gasteiger partial charge in [0.15, 0.2) is 0 Å². The average molecular weight is 490 g/mol. The normalized spacial score (nSPS) is 11.5. The Kier molecular flexibility index (Phi) is 6.72. The van der Waals surface area contributed by atoms with E-state index in [0.717, 1.165) is 10.0 Å². The zero-order valence-corrected chi connectivity index (χ0v) is 18.6. The molecule has 32 heavy (non-hydrogen) atoms. The van der Waals surface area contributed by atoms with Crippen LogP contribution >= 0.6 is 15.9 Å². The van der Waals surface area contributed by atoms with Gasteiger partial charge in [0.05, 0.1) is 6.54 Å². The van der Waals surface area contributed by atoms with Gasteiger partial charge in [-0.05, 0) is 35.4 Å². The van der Waals surface area contributed by atoms with Crippen LogP contribution in [0.3, 0.4) is 0 Å². The molecule has 0 spiro atoms. The largest absolute Gasteiger partial charge is 0.336 e. The van der Waals surface area contributed by atoms with Crippen LogP contribution in [0.15, 0.2) is 95.7 Å². The van der Waals surface area contributed by atoms with Crippen LogP contribution < -0.4 is 10.6 Å². The molecule has 8 heteroatoms. The number of hydrogen-bond acceptors (Lipinski definition) is 4. The van der Waals surface area contributed by atoms with Gasteiger partial charge in [0, 0.05) is 10.0 Å². The van der Waals surface area contributed by atoms with Crippen molar-refractivity contribution in [3.05, 3.63) is 112 Å². The van der Waals surface area contributed by atoms with Gasteiger partial charge in [0.2, 0.25) is 5.95 Å². The van der Waals surface area contributed by atoms with E-state index in [-0.39, 0.29) is 11.9 Å². The van der Waals surface area contributed by atoms with Gasteiger partial charge in [-0.3, -0.25) is 14.9 Å². The first-order chi connectivity index (χ1) is 15.6. The molecule has 4 aromatic rings. The van der Waals surface area contributed by atoms with Crippen molar-refractivity contribution < 1.29 is 9.59 Å². The van der Waals surface area contributed by atoms with Crippen molar-refractivity contribution >= 4 is 33.7 Å².